The van der Waals surface area contributed by atoms with Crippen LogP contribution in [-0.4, -0.2) is 25.9 Å². The Labute approximate surface area is 89.7 Å². The molecule has 0 aromatic heterocycles. The van der Waals surface area contributed by atoms with Crippen LogP contribution in [0, 0.1) is 0 Å². The Morgan fingerprint density at radius 3 is 2.87 bits per heavy atom. The lowest BCUT2D eigenvalue weighted by atomic mass is 10.1. The summed E-state index contributed by atoms with van der Waals surface area (Å²) < 4.78 is 23.5. The molecular formula is C11H14O3S. The van der Waals surface area contributed by atoms with Crippen molar-refractivity contribution in [2.75, 3.05) is 12.4 Å². The van der Waals surface area contributed by atoms with Gasteiger partial charge in [-0.25, -0.2) is 8.42 Å². The summed E-state index contributed by atoms with van der Waals surface area (Å²) >= 11 is 0. The van der Waals surface area contributed by atoms with Crippen molar-refractivity contribution in [2.24, 2.45) is 0 Å². The highest BCUT2D eigenvalue weighted by Crippen LogP contribution is 2.29. The summed E-state index contributed by atoms with van der Waals surface area (Å²) in [6, 6.07) is 5.62. The molecule has 0 radical (unpaired) electrons. The van der Waals surface area contributed by atoms with E-state index in [1.807, 2.05) is 18.2 Å². The molecule has 0 unspecified atom stereocenters. The Kier molecular flexibility index (Phi) is 2.80. The molecule has 1 aromatic carbocycles. The van der Waals surface area contributed by atoms with Gasteiger partial charge in [-0.15, -0.1) is 0 Å². The quantitative estimate of drug-likeness (QED) is 0.834. The van der Waals surface area contributed by atoms with Gasteiger partial charge in [0.05, 0.1) is 10.6 Å². The van der Waals surface area contributed by atoms with Gasteiger partial charge < -0.3 is 5.11 Å². The van der Waals surface area contributed by atoms with E-state index in [0.29, 0.717) is 24.2 Å². The molecule has 3 nitrogen and oxygen atoms in total. The van der Waals surface area contributed by atoms with E-state index in [0.717, 1.165) is 11.1 Å². The van der Waals surface area contributed by atoms with Crippen LogP contribution < -0.4 is 0 Å². The molecule has 0 spiro atoms. The fourth-order valence-electron chi connectivity index (χ4n) is 2.05. The number of sulfone groups is 1. The van der Waals surface area contributed by atoms with Gasteiger partial charge in [-0.3, -0.25) is 0 Å². The van der Waals surface area contributed by atoms with Crippen molar-refractivity contribution >= 4 is 9.84 Å². The summed E-state index contributed by atoms with van der Waals surface area (Å²) in [4.78, 5) is 0.526. The molecule has 0 bridgehead atoms. The van der Waals surface area contributed by atoms with Crippen LogP contribution in [0.3, 0.4) is 0 Å². The van der Waals surface area contributed by atoms with Gasteiger partial charge in [0, 0.05) is 6.61 Å². The molecule has 0 amide bonds. The van der Waals surface area contributed by atoms with Crippen LogP contribution in [0.1, 0.15) is 17.5 Å². The molecule has 1 aromatic rings. The van der Waals surface area contributed by atoms with E-state index >= 15 is 0 Å². The summed E-state index contributed by atoms with van der Waals surface area (Å²) in [5.74, 6) is 0.235. The number of aliphatic hydroxyl groups excluding tert-OH is 1. The van der Waals surface area contributed by atoms with Crippen molar-refractivity contribution < 1.29 is 13.5 Å². The van der Waals surface area contributed by atoms with Crippen LogP contribution in [0.25, 0.3) is 0 Å². The van der Waals surface area contributed by atoms with Crippen molar-refractivity contribution in [1.29, 1.82) is 0 Å². The average Bonchev–Trinajstić information content (AvgIpc) is 2.53. The van der Waals surface area contributed by atoms with Gasteiger partial charge in [0.1, 0.15) is 0 Å². The van der Waals surface area contributed by atoms with Crippen LogP contribution in [0.2, 0.25) is 0 Å². The third-order valence-electron chi connectivity index (χ3n) is 2.73. The zero-order chi connectivity index (χ0) is 10.9. The smallest absolute Gasteiger partial charge is 0.179 e. The Morgan fingerprint density at radius 2 is 2.13 bits per heavy atom. The molecule has 1 aliphatic heterocycles. The normalized spacial score (nSPS) is 17.7. The van der Waals surface area contributed by atoms with Crippen molar-refractivity contribution in [1.82, 2.24) is 0 Å². The van der Waals surface area contributed by atoms with Crippen molar-refractivity contribution in [3.05, 3.63) is 29.3 Å². The Balaban J connectivity index is 2.45. The van der Waals surface area contributed by atoms with Crippen LogP contribution in [0.4, 0.5) is 0 Å². The minimum atomic E-state index is -3.05. The molecule has 0 aliphatic carbocycles. The second kappa shape index (κ2) is 3.94. The number of hydrogen-bond donors (Lipinski definition) is 1. The first-order valence-electron chi connectivity index (χ1n) is 5.09. The first kappa shape index (κ1) is 10.6. The molecule has 1 aliphatic rings. The molecule has 1 heterocycles. The third-order valence-corrected chi connectivity index (χ3v) is 4.62. The third kappa shape index (κ3) is 1.92. The second-order valence-electron chi connectivity index (χ2n) is 3.80. The average molecular weight is 226 g/mol. The summed E-state index contributed by atoms with van der Waals surface area (Å²) in [6.07, 6.45) is 1.88. The lowest BCUT2D eigenvalue weighted by Crippen LogP contribution is -2.03. The number of benzene rings is 1. The van der Waals surface area contributed by atoms with Crippen LogP contribution >= 0.6 is 0 Å². The van der Waals surface area contributed by atoms with Crippen LogP contribution in [-0.2, 0) is 22.7 Å². The Hall–Kier alpha value is -0.870. The number of aliphatic hydroxyl groups is 1. The summed E-state index contributed by atoms with van der Waals surface area (Å²) in [5.41, 5.74) is 1.80. The zero-order valence-electron chi connectivity index (χ0n) is 8.44. The monoisotopic (exact) mass is 226 g/mol. The van der Waals surface area contributed by atoms with E-state index in [4.69, 9.17) is 5.11 Å². The number of fused-ring (bicyclic) bond motifs is 1. The molecule has 1 N–H and O–H groups in total. The van der Waals surface area contributed by atoms with E-state index in [9.17, 15) is 8.42 Å². The molecular weight excluding hydrogens is 212 g/mol. The molecule has 2 rings (SSSR count). The van der Waals surface area contributed by atoms with Gasteiger partial charge in [-0.05, 0) is 30.4 Å². The lowest BCUT2D eigenvalue weighted by molar-refractivity contribution is 0.288. The maximum absolute atomic E-state index is 11.8. The summed E-state index contributed by atoms with van der Waals surface area (Å²) in [7, 11) is -3.05. The fraction of sp³-hybridized carbons (Fsp3) is 0.455. The van der Waals surface area contributed by atoms with Gasteiger partial charge in [-0.2, -0.15) is 0 Å². The lowest BCUT2D eigenvalue weighted by Gasteiger charge is -2.06. The van der Waals surface area contributed by atoms with Gasteiger partial charge >= 0.3 is 0 Å². The minimum absolute atomic E-state index is 0.101. The summed E-state index contributed by atoms with van der Waals surface area (Å²) in [5, 5.41) is 8.76. The van der Waals surface area contributed by atoms with E-state index in [1.165, 1.54) is 0 Å². The highest BCUT2D eigenvalue weighted by Gasteiger charge is 2.28. The number of hydrogen-bond acceptors (Lipinski definition) is 3. The Morgan fingerprint density at radius 1 is 1.33 bits per heavy atom. The predicted octanol–water partition coefficient (Wildman–Crippen LogP) is 0.941. The van der Waals surface area contributed by atoms with Gasteiger partial charge in [0.2, 0.25) is 0 Å². The minimum Gasteiger partial charge on any atom is -0.396 e. The highest BCUT2D eigenvalue weighted by atomic mass is 32.2. The fourth-order valence-corrected chi connectivity index (χ4v) is 3.88. The van der Waals surface area contributed by atoms with E-state index < -0.39 is 9.84 Å². The number of aryl methyl sites for hydroxylation is 2. The topological polar surface area (TPSA) is 54.4 Å². The van der Waals surface area contributed by atoms with Crippen molar-refractivity contribution in [2.45, 2.75) is 24.2 Å². The van der Waals surface area contributed by atoms with Gasteiger partial charge in [0.25, 0.3) is 0 Å². The molecule has 0 fully saturated rings. The molecule has 0 saturated carbocycles. The van der Waals surface area contributed by atoms with Crippen molar-refractivity contribution in [3.8, 4) is 0 Å². The maximum atomic E-state index is 11.8. The second-order valence-corrected chi connectivity index (χ2v) is 5.85. The van der Waals surface area contributed by atoms with Gasteiger partial charge in [-0.1, -0.05) is 18.2 Å². The summed E-state index contributed by atoms with van der Waals surface area (Å²) in [6.45, 7) is 0.101. The zero-order valence-corrected chi connectivity index (χ0v) is 9.26. The molecule has 82 valence electrons. The number of rotatable bonds is 3. The van der Waals surface area contributed by atoms with Gasteiger partial charge in [0.15, 0.2) is 9.84 Å². The maximum Gasteiger partial charge on any atom is 0.179 e. The predicted molar refractivity (Wildman–Crippen MR) is 57.6 cm³/mol. The van der Waals surface area contributed by atoms with Crippen molar-refractivity contribution in [3.63, 3.8) is 0 Å². The Bertz CT molecular complexity index is 463. The standard InChI is InChI=1S/C11H14O3S/c12-7-2-5-9-3-1-4-10-6-8-15(13,14)11(9)10/h1,3-4,12H,2,5-8H2. The molecule has 15 heavy (non-hydrogen) atoms. The largest absolute Gasteiger partial charge is 0.396 e. The molecule has 0 atom stereocenters. The van der Waals surface area contributed by atoms with Crippen LogP contribution in [0.5, 0.6) is 0 Å². The van der Waals surface area contributed by atoms with E-state index in [2.05, 4.69) is 0 Å². The first-order chi connectivity index (χ1) is 7.15. The SMILES string of the molecule is O=S1(=O)CCc2cccc(CCCO)c21. The first-order valence-corrected chi connectivity index (χ1v) is 6.75. The molecule has 4 heteroatoms. The molecule has 0 saturated heterocycles. The highest BCUT2D eigenvalue weighted by molar-refractivity contribution is 7.91. The van der Waals surface area contributed by atoms with Crippen LogP contribution in [0.15, 0.2) is 23.1 Å². The van der Waals surface area contributed by atoms with E-state index in [1.54, 1.807) is 0 Å². The van der Waals surface area contributed by atoms with E-state index in [-0.39, 0.29) is 12.4 Å².